The molecule has 0 aliphatic carbocycles. The summed E-state index contributed by atoms with van der Waals surface area (Å²) in [6, 6.07) is 3.30. The second kappa shape index (κ2) is 5.00. The molecule has 0 aromatic heterocycles. The minimum Gasteiger partial charge on any atom is -0.503 e. The van der Waals surface area contributed by atoms with Crippen LogP contribution in [0.15, 0.2) is 34.1 Å². The zero-order valence-electron chi connectivity index (χ0n) is 9.12. The van der Waals surface area contributed by atoms with Crippen molar-refractivity contribution in [1.29, 1.82) is 0 Å². The highest BCUT2D eigenvalue weighted by molar-refractivity contribution is 7.99. The third-order valence-electron chi connectivity index (χ3n) is 2.22. The van der Waals surface area contributed by atoms with Gasteiger partial charge in [0.15, 0.2) is 34.8 Å². The predicted molar refractivity (Wildman–Crippen MR) is 60.2 cm³/mol. The molecule has 0 unspecified atom stereocenters. The van der Waals surface area contributed by atoms with Gasteiger partial charge in [-0.25, -0.2) is 17.6 Å². The molecule has 0 bridgehead atoms. The first kappa shape index (κ1) is 13.5. The molecule has 19 heavy (non-hydrogen) atoms. The molecule has 0 atom stereocenters. The van der Waals surface area contributed by atoms with Crippen LogP contribution in [0.3, 0.4) is 0 Å². The van der Waals surface area contributed by atoms with Gasteiger partial charge in [0.25, 0.3) is 0 Å². The summed E-state index contributed by atoms with van der Waals surface area (Å²) in [5.74, 6) is -6.95. The molecule has 2 rings (SSSR count). The third-order valence-corrected chi connectivity index (χ3v) is 3.16. The number of phenols is 2. The number of benzene rings is 2. The molecule has 7 heteroatoms. The molecule has 100 valence electrons. The normalized spacial score (nSPS) is 10.7. The van der Waals surface area contributed by atoms with Crippen LogP contribution in [-0.2, 0) is 0 Å². The molecular formula is C12H6F4O2S. The van der Waals surface area contributed by atoms with E-state index in [0.717, 1.165) is 24.3 Å². The minimum atomic E-state index is -1.18. The summed E-state index contributed by atoms with van der Waals surface area (Å²) in [6.45, 7) is 0. The van der Waals surface area contributed by atoms with Crippen molar-refractivity contribution in [2.24, 2.45) is 0 Å². The van der Waals surface area contributed by atoms with E-state index in [1.165, 1.54) is 0 Å². The van der Waals surface area contributed by atoms with Crippen LogP contribution in [0.25, 0.3) is 0 Å². The summed E-state index contributed by atoms with van der Waals surface area (Å²) >= 11 is 0.679. The highest BCUT2D eigenvalue weighted by Crippen LogP contribution is 2.34. The predicted octanol–water partition coefficient (Wildman–Crippen LogP) is 3.81. The Hall–Kier alpha value is -1.89. The molecular weight excluding hydrogens is 284 g/mol. The van der Waals surface area contributed by atoms with Crippen LogP contribution >= 0.6 is 11.8 Å². The molecule has 0 aliphatic rings. The van der Waals surface area contributed by atoms with Crippen LogP contribution in [0, 0.1) is 23.3 Å². The van der Waals surface area contributed by atoms with E-state index < -0.39 is 34.8 Å². The fraction of sp³-hybridized carbons (Fsp3) is 0. The lowest BCUT2D eigenvalue weighted by Crippen LogP contribution is -1.87. The molecule has 0 radical (unpaired) electrons. The number of phenolic OH excluding ortho intramolecular Hbond substituents is 2. The Bertz CT molecular complexity index is 544. The van der Waals surface area contributed by atoms with Gasteiger partial charge in [0.05, 0.1) is 0 Å². The van der Waals surface area contributed by atoms with Crippen molar-refractivity contribution in [2.75, 3.05) is 0 Å². The van der Waals surface area contributed by atoms with Gasteiger partial charge in [-0.1, -0.05) is 11.8 Å². The third kappa shape index (κ3) is 2.76. The standard InChI is InChI=1S/C12H6F4O2S/c13-7-1-5(2-8(14)11(7)17)19-6-3-9(15)12(18)10(16)4-6/h1-4,17-18H. The largest absolute Gasteiger partial charge is 0.503 e. The van der Waals surface area contributed by atoms with Gasteiger partial charge >= 0.3 is 0 Å². The Balaban J connectivity index is 2.36. The topological polar surface area (TPSA) is 40.5 Å². The van der Waals surface area contributed by atoms with Crippen LogP contribution < -0.4 is 0 Å². The molecule has 2 aromatic carbocycles. The summed E-state index contributed by atoms with van der Waals surface area (Å²) in [7, 11) is 0. The van der Waals surface area contributed by atoms with E-state index in [1.807, 2.05) is 0 Å². The average Bonchev–Trinajstić information content (AvgIpc) is 2.33. The van der Waals surface area contributed by atoms with Gasteiger partial charge < -0.3 is 10.2 Å². The smallest absolute Gasteiger partial charge is 0.187 e. The van der Waals surface area contributed by atoms with Crippen molar-refractivity contribution in [3.63, 3.8) is 0 Å². The van der Waals surface area contributed by atoms with Crippen LogP contribution in [0.1, 0.15) is 0 Å². The molecule has 2 N–H and O–H groups in total. The van der Waals surface area contributed by atoms with Gasteiger partial charge in [-0.05, 0) is 24.3 Å². The van der Waals surface area contributed by atoms with E-state index in [9.17, 15) is 17.6 Å². The lowest BCUT2D eigenvalue weighted by molar-refractivity contribution is 0.394. The van der Waals surface area contributed by atoms with E-state index in [0.29, 0.717) is 11.8 Å². The Morgan fingerprint density at radius 1 is 0.632 bits per heavy atom. The summed E-state index contributed by atoms with van der Waals surface area (Å²) in [5, 5.41) is 17.8. The van der Waals surface area contributed by atoms with Gasteiger partial charge in [0, 0.05) is 9.79 Å². The molecule has 0 spiro atoms. The average molecular weight is 290 g/mol. The maximum absolute atomic E-state index is 13.1. The Morgan fingerprint density at radius 3 is 1.16 bits per heavy atom. The Labute approximate surface area is 109 Å². The van der Waals surface area contributed by atoms with Gasteiger partial charge in [-0.2, -0.15) is 0 Å². The summed E-state index contributed by atoms with van der Waals surface area (Å²) in [5.41, 5.74) is 0. The first-order valence-corrected chi connectivity index (χ1v) is 5.74. The van der Waals surface area contributed by atoms with Crippen LogP contribution in [0.4, 0.5) is 17.6 Å². The van der Waals surface area contributed by atoms with E-state index in [4.69, 9.17) is 10.2 Å². The molecule has 2 nitrogen and oxygen atoms in total. The lowest BCUT2D eigenvalue weighted by atomic mass is 10.3. The van der Waals surface area contributed by atoms with E-state index in [-0.39, 0.29) is 9.79 Å². The maximum atomic E-state index is 13.1. The zero-order valence-corrected chi connectivity index (χ0v) is 9.94. The van der Waals surface area contributed by atoms with Crippen molar-refractivity contribution < 1.29 is 27.8 Å². The Kier molecular flexibility index (Phi) is 3.57. The van der Waals surface area contributed by atoms with Gasteiger partial charge in [0.1, 0.15) is 0 Å². The number of aromatic hydroxyl groups is 2. The van der Waals surface area contributed by atoms with Crippen molar-refractivity contribution in [3.05, 3.63) is 47.5 Å². The zero-order chi connectivity index (χ0) is 14.2. The van der Waals surface area contributed by atoms with E-state index in [1.54, 1.807) is 0 Å². The lowest BCUT2D eigenvalue weighted by Gasteiger charge is -2.05. The second-order valence-corrected chi connectivity index (χ2v) is 4.72. The SMILES string of the molecule is Oc1c(F)cc(Sc2cc(F)c(O)c(F)c2)cc1F. The molecule has 2 aromatic rings. The van der Waals surface area contributed by atoms with Gasteiger partial charge in [-0.3, -0.25) is 0 Å². The van der Waals surface area contributed by atoms with Gasteiger partial charge in [0.2, 0.25) is 0 Å². The van der Waals surface area contributed by atoms with Crippen molar-refractivity contribution in [2.45, 2.75) is 9.79 Å². The number of halogens is 4. The fourth-order valence-corrected chi connectivity index (χ4v) is 2.26. The molecule has 0 saturated carbocycles. The first-order valence-electron chi connectivity index (χ1n) is 4.92. The van der Waals surface area contributed by atoms with Crippen molar-refractivity contribution in [3.8, 4) is 11.5 Å². The molecule has 0 amide bonds. The first-order chi connectivity index (χ1) is 8.88. The monoisotopic (exact) mass is 290 g/mol. The summed E-state index contributed by atoms with van der Waals surface area (Å²) < 4.78 is 52.3. The summed E-state index contributed by atoms with van der Waals surface area (Å²) in [4.78, 5) is 0.0228. The van der Waals surface area contributed by atoms with E-state index >= 15 is 0 Å². The fourth-order valence-electron chi connectivity index (χ4n) is 1.34. The number of rotatable bonds is 2. The Morgan fingerprint density at radius 2 is 0.895 bits per heavy atom. The molecule has 0 aliphatic heterocycles. The van der Waals surface area contributed by atoms with E-state index in [2.05, 4.69) is 0 Å². The van der Waals surface area contributed by atoms with Crippen molar-refractivity contribution >= 4 is 11.8 Å². The highest BCUT2D eigenvalue weighted by atomic mass is 32.2. The maximum Gasteiger partial charge on any atom is 0.187 e. The molecule has 0 heterocycles. The molecule has 0 fully saturated rings. The molecule has 0 saturated heterocycles. The highest BCUT2D eigenvalue weighted by Gasteiger charge is 2.13. The second-order valence-electron chi connectivity index (χ2n) is 3.57. The quantitative estimate of drug-likeness (QED) is 0.826. The van der Waals surface area contributed by atoms with Crippen molar-refractivity contribution in [1.82, 2.24) is 0 Å². The van der Waals surface area contributed by atoms with Crippen LogP contribution in [0.2, 0.25) is 0 Å². The summed E-state index contributed by atoms with van der Waals surface area (Å²) in [6.07, 6.45) is 0. The number of hydrogen-bond acceptors (Lipinski definition) is 3. The van der Waals surface area contributed by atoms with Gasteiger partial charge in [-0.15, -0.1) is 0 Å². The number of hydrogen-bond donors (Lipinski definition) is 2. The van der Waals surface area contributed by atoms with Crippen LogP contribution in [-0.4, -0.2) is 10.2 Å². The minimum absolute atomic E-state index is 0.0114. The van der Waals surface area contributed by atoms with Crippen LogP contribution in [0.5, 0.6) is 11.5 Å².